The number of nitrogens with zero attached hydrogens (tertiary/aromatic N) is 2. The van der Waals surface area contributed by atoms with Gasteiger partial charge in [0.25, 0.3) is 5.91 Å². The van der Waals surface area contributed by atoms with Gasteiger partial charge in [-0.1, -0.05) is 17.7 Å². The molecule has 1 atom stereocenters. The van der Waals surface area contributed by atoms with Crippen LogP contribution in [0.3, 0.4) is 0 Å². The first-order valence-corrected chi connectivity index (χ1v) is 8.82. The number of ether oxygens (including phenoxy) is 1. The van der Waals surface area contributed by atoms with E-state index in [2.05, 4.69) is 4.90 Å². The summed E-state index contributed by atoms with van der Waals surface area (Å²) in [5.41, 5.74) is 0.777. The van der Waals surface area contributed by atoms with Crippen molar-refractivity contribution in [1.82, 2.24) is 9.80 Å². The number of benzene rings is 1. The van der Waals surface area contributed by atoms with Gasteiger partial charge in [0.1, 0.15) is 11.9 Å². The molecular formula is C18H24ClFN2O2. The normalized spacial score (nSPS) is 23.6. The summed E-state index contributed by atoms with van der Waals surface area (Å²) in [4.78, 5) is 16.0. The van der Waals surface area contributed by atoms with Gasteiger partial charge in [-0.3, -0.25) is 9.69 Å². The van der Waals surface area contributed by atoms with E-state index in [9.17, 15) is 9.18 Å². The summed E-state index contributed by atoms with van der Waals surface area (Å²) in [6.07, 6.45) is 3.29. The molecule has 1 spiro atoms. The Morgan fingerprint density at radius 2 is 2.08 bits per heavy atom. The van der Waals surface area contributed by atoms with Crippen LogP contribution in [0.4, 0.5) is 4.39 Å². The second-order valence-electron chi connectivity index (χ2n) is 7.09. The van der Waals surface area contributed by atoms with Crippen molar-refractivity contribution >= 4 is 17.5 Å². The van der Waals surface area contributed by atoms with Crippen molar-refractivity contribution in [3.8, 4) is 0 Å². The van der Waals surface area contributed by atoms with Crippen LogP contribution in [0.15, 0.2) is 18.2 Å². The molecule has 0 radical (unpaired) electrons. The minimum absolute atomic E-state index is 0.0611. The Morgan fingerprint density at radius 3 is 2.71 bits per heavy atom. The number of likely N-dealkylation sites (tertiary alicyclic amines) is 1. The van der Waals surface area contributed by atoms with Gasteiger partial charge in [0.15, 0.2) is 0 Å². The van der Waals surface area contributed by atoms with Crippen LogP contribution in [-0.2, 0) is 16.1 Å². The molecule has 0 bridgehead atoms. The second kappa shape index (κ2) is 6.98. The molecular weight excluding hydrogens is 331 g/mol. The largest absolute Gasteiger partial charge is 0.362 e. The van der Waals surface area contributed by atoms with E-state index >= 15 is 0 Å². The predicted molar refractivity (Wildman–Crippen MR) is 91.5 cm³/mol. The van der Waals surface area contributed by atoms with Crippen LogP contribution in [0.2, 0.25) is 5.02 Å². The van der Waals surface area contributed by atoms with Crippen LogP contribution in [-0.4, -0.2) is 54.6 Å². The van der Waals surface area contributed by atoms with Crippen molar-refractivity contribution in [2.75, 3.05) is 27.2 Å². The Balaban J connectivity index is 1.54. The molecule has 2 heterocycles. The Labute approximate surface area is 147 Å². The number of hydrogen-bond acceptors (Lipinski definition) is 3. The van der Waals surface area contributed by atoms with Gasteiger partial charge in [0, 0.05) is 33.7 Å². The van der Waals surface area contributed by atoms with Crippen molar-refractivity contribution in [1.29, 1.82) is 0 Å². The lowest BCUT2D eigenvalue weighted by molar-refractivity contribution is -0.148. The van der Waals surface area contributed by atoms with Crippen molar-refractivity contribution in [3.05, 3.63) is 34.6 Å². The van der Waals surface area contributed by atoms with Gasteiger partial charge in [-0.15, -0.1) is 0 Å². The summed E-state index contributed by atoms with van der Waals surface area (Å²) in [6, 6.07) is 4.98. The minimum Gasteiger partial charge on any atom is -0.362 e. The summed E-state index contributed by atoms with van der Waals surface area (Å²) in [5.74, 6) is -0.308. The molecule has 2 saturated heterocycles. The molecule has 0 aromatic heterocycles. The number of carbonyl (C=O) groups excluding carboxylic acids is 1. The molecule has 1 aromatic rings. The highest BCUT2D eigenvalue weighted by molar-refractivity contribution is 6.30. The zero-order chi connectivity index (χ0) is 17.3. The number of rotatable bonds is 3. The third-order valence-corrected chi connectivity index (χ3v) is 5.43. The maximum Gasteiger partial charge on any atom is 0.251 e. The van der Waals surface area contributed by atoms with E-state index in [-0.39, 0.29) is 28.5 Å². The van der Waals surface area contributed by atoms with E-state index in [1.807, 2.05) is 6.07 Å². The third kappa shape index (κ3) is 3.73. The molecule has 6 heteroatoms. The van der Waals surface area contributed by atoms with Crippen molar-refractivity contribution in [3.63, 3.8) is 0 Å². The van der Waals surface area contributed by atoms with Crippen LogP contribution >= 0.6 is 11.6 Å². The smallest absolute Gasteiger partial charge is 0.251 e. The van der Waals surface area contributed by atoms with Crippen molar-refractivity contribution in [2.45, 2.75) is 43.9 Å². The van der Waals surface area contributed by atoms with E-state index < -0.39 is 0 Å². The van der Waals surface area contributed by atoms with Crippen LogP contribution in [0.25, 0.3) is 0 Å². The first kappa shape index (κ1) is 17.6. The molecule has 0 N–H and O–H groups in total. The van der Waals surface area contributed by atoms with Crippen LogP contribution in [0, 0.1) is 5.82 Å². The standard InChI is InChI=1S/C18H24ClFN2O2/c1-21(2)17(23)16-5-6-18(24-16)7-9-22(10-8-18)12-13-3-4-14(19)15(20)11-13/h3-4,11,16H,5-10,12H2,1-2H3. The quantitative estimate of drug-likeness (QED) is 0.836. The average molecular weight is 355 g/mol. The first-order chi connectivity index (χ1) is 11.4. The molecule has 1 unspecified atom stereocenters. The number of halogens is 2. The predicted octanol–water partition coefficient (Wildman–Crippen LogP) is 3.08. The van der Waals surface area contributed by atoms with E-state index in [4.69, 9.17) is 16.3 Å². The second-order valence-corrected chi connectivity index (χ2v) is 7.49. The number of amides is 1. The fourth-order valence-electron chi connectivity index (χ4n) is 3.66. The highest BCUT2D eigenvalue weighted by Crippen LogP contribution is 2.39. The maximum atomic E-state index is 13.6. The summed E-state index contributed by atoms with van der Waals surface area (Å²) in [5, 5.41) is 0.160. The Hall–Kier alpha value is -1.17. The number of likely N-dealkylation sites (N-methyl/N-ethyl adjacent to an activating group) is 1. The Bertz CT molecular complexity index is 615. The van der Waals surface area contributed by atoms with E-state index in [1.54, 1.807) is 25.1 Å². The van der Waals surface area contributed by atoms with Crippen molar-refractivity contribution < 1.29 is 13.9 Å². The topological polar surface area (TPSA) is 32.8 Å². The molecule has 1 aromatic carbocycles. The summed E-state index contributed by atoms with van der Waals surface area (Å²) >= 11 is 5.73. The molecule has 0 saturated carbocycles. The molecule has 2 aliphatic rings. The summed E-state index contributed by atoms with van der Waals surface area (Å²) < 4.78 is 19.7. The highest BCUT2D eigenvalue weighted by atomic mass is 35.5. The molecule has 24 heavy (non-hydrogen) atoms. The lowest BCUT2D eigenvalue weighted by Gasteiger charge is -2.39. The monoisotopic (exact) mass is 354 g/mol. The Kier molecular flexibility index (Phi) is 5.13. The fraction of sp³-hybridized carbons (Fsp3) is 0.611. The lowest BCUT2D eigenvalue weighted by atomic mass is 9.88. The van der Waals surface area contributed by atoms with E-state index in [0.717, 1.165) is 44.3 Å². The van der Waals surface area contributed by atoms with E-state index in [0.29, 0.717) is 6.54 Å². The average Bonchev–Trinajstić information content (AvgIpc) is 2.96. The van der Waals surface area contributed by atoms with Gasteiger partial charge in [0.05, 0.1) is 10.6 Å². The van der Waals surface area contributed by atoms with Gasteiger partial charge in [-0.05, 0) is 43.4 Å². The highest BCUT2D eigenvalue weighted by Gasteiger charge is 2.44. The molecule has 2 aliphatic heterocycles. The lowest BCUT2D eigenvalue weighted by Crippen LogP contribution is -2.45. The van der Waals surface area contributed by atoms with Gasteiger partial charge in [-0.2, -0.15) is 0 Å². The zero-order valence-corrected chi connectivity index (χ0v) is 15.0. The maximum absolute atomic E-state index is 13.6. The third-order valence-electron chi connectivity index (χ3n) is 5.13. The fourth-order valence-corrected chi connectivity index (χ4v) is 3.78. The first-order valence-electron chi connectivity index (χ1n) is 8.44. The van der Waals surface area contributed by atoms with Gasteiger partial charge in [0.2, 0.25) is 0 Å². The number of hydrogen-bond donors (Lipinski definition) is 0. The molecule has 132 valence electrons. The summed E-state index contributed by atoms with van der Waals surface area (Å²) in [6.45, 7) is 2.50. The zero-order valence-electron chi connectivity index (χ0n) is 14.2. The molecule has 4 nitrogen and oxygen atoms in total. The minimum atomic E-state index is -0.369. The SMILES string of the molecule is CN(C)C(=O)C1CCC2(CCN(Cc3ccc(Cl)c(F)c3)CC2)O1. The molecule has 2 fully saturated rings. The Morgan fingerprint density at radius 1 is 1.38 bits per heavy atom. The van der Waals surface area contributed by atoms with Crippen LogP contribution < -0.4 is 0 Å². The van der Waals surface area contributed by atoms with Gasteiger partial charge in [-0.25, -0.2) is 4.39 Å². The number of carbonyl (C=O) groups is 1. The van der Waals surface area contributed by atoms with Crippen LogP contribution in [0.1, 0.15) is 31.2 Å². The summed E-state index contributed by atoms with van der Waals surface area (Å²) in [7, 11) is 3.54. The van der Waals surface area contributed by atoms with Gasteiger partial charge >= 0.3 is 0 Å². The molecule has 3 rings (SSSR count). The molecule has 1 amide bonds. The van der Waals surface area contributed by atoms with Crippen LogP contribution in [0.5, 0.6) is 0 Å². The van der Waals surface area contributed by atoms with E-state index in [1.165, 1.54) is 6.07 Å². The number of piperidine rings is 1. The van der Waals surface area contributed by atoms with Gasteiger partial charge < -0.3 is 9.64 Å². The van der Waals surface area contributed by atoms with Crippen molar-refractivity contribution in [2.24, 2.45) is 0 Å². The molecule has 0 aliphatic carbocycles.